The van der Waals surface area contributed by atoms with E-state index in [4.69, 9.17) is 0 Å². The molecule has 0 bridgehead atoms. The van der Waals surface area contributed by atoms with Crippen LogP contribution in [0.15, 0.2) is 41.4 Å². The molecule has 0 saturated carbocycles. The molecule has 3 aromatic rings. The molecule has 0 N–H and O–H groups in total. The van der Waals surface area contributed by atoms with Crippen LogP contribution < -0.4 is 0 Å². The molecule has 80 valence electrons. The number of nitrogens with zero attached hydrogens (tertiary/aromatic N) is 4. The molecule has 0 aliphatic heterocycles. The summed E-state index contributed by atoms with van der Waals surface area (Å²) in [6.45, 7) is 0. The van der Waals surface area contributed by atoms with Gasteiger partial charge in [0.25, 0.3) is 0 Å². The molecule has 3 heterocycles. The molecular weight excluding hydrogens is 268 g/mol. The maximum atomic E-state index is 4.25. The van der Waals surface area contributed by atoms with Crippen LogP contribution in [0.1, 0.15) is 0 Å². The molecule has 4 nitrogen and oxygen atoms in total. The second-order valence-electron chi connectivity index (χ2n) is 3.64. The highest BCUT2D eigenvalue weighted by atomic mass is 79.9. The molecule has 0 spiro atoms. The number of pyridine rings is 1. The number of fused-ring (bicyclic) bond motifs is 1. The molecule has 3 rings (SSSR count). The monoisotopic (exact) mass is 276 g/mol. The van der Waals surface area contributed by atoms with Crippen LogP contribution >= 0.6 is 15.9 Å². The summed E-state index contributed by atoms with van der Waals surface area (Å²) in [6.07, 6.45) is 7.62. The summed E-state index contributed by atoms with van der Waals surface area (Å²) in [6, 6.07) is 4.11. The number of hydrogen-bond donors (Lipinski definition) is 0. The molecule has 0 saturated heterocycles. The largest absolute Gasteiger partial charge is 0.275 e. The molecule has 16 heavy (non-hydrogen) atoms. The van der Waals surface area contributed by atoms with E-state index in [1.165, 1.54) is 0 Å². The van der Waals surface area contributed by atoms with E-state index < -0.39 is 0 Å². The minimum atomic E-state index is 1.00. The maximum Gasteiger partial charge on any atom is 0.0804 e. The van der Waals surface area contributed by atoms with Gasteiger partial charge in [-0.15, -0.1) is 0 Å². The summed E-state index contributed by atoms with van der Waals surface area (Å²) in [7, 11) is 1.91. The van der Waals surface area contributed by atoms with Crippen molar-refractivity contribution in [3.8, 4) is 11.1 Å². The highest BCUT2D eigenvalue weighted by molar-refractivity contribution is 9.10. The van der Waals surface area contributed by atoms with Gasteiger partial charge in [0.1, 0.15) is 0 Å². The van der Waals surface area contributed by atoms with Crippen molar-refractivity contribution in [1.29, 1.82) is 0 Å². The predicted octanol–water partition coefficient (Wildman–Crippen LogP) is 2.50. The van der Waals surface area contributed by atoms with Crippen molar-refractivity contribution in [2.24, 2.45) is 7.05 Å². The van der Waals surface area contributed by atoms with E-state index in [-0.39, 0.29) is 0 Å². The number of hydrogen-bond acceptors (Lipinski definition) is 2. The fourth-order valence-electron chi connectivity index (χ4n) is 1.69. The van der Waals surface area contributed by atoms with Gasteiger partial charge in [-0.3, -0.25) is 4.68 Å². The third kappa shape index (κ3) is 1.44. The lowest BCUT2D eigenvalue weighted by molar-refractivity contribution is 0.768. The summed E-state index contributed by atoms with van der Waals surface area (Å²) >= 11 is 3.45. The van der Waals surface area contributed by atoms with Gasteiger partial charge in [0.15, 0.2) is 0 Å². The van der Waals surface area contributed by atoms with Crippen LogP contribution in [0.3, 0.4) is 0 Å². The Morgan fingerprint density at radius 3 is 2.69 bits per heavy atom. The van der Waals surface area contributed by atoms with Gasteiger partial charge < -0.3 is 0 Å². The van der Waals surface area contributed by atoms with Crippen molar-refractivity contribution < 1.29 is 0 Å². The zero-order chi connectivity index (χ0) is 11.1. The van der Waals surface area contributed by atoms with Crippen LogP contribution in [-0.4, -0.2) is 19.4 Å². The Morgan fingerprint density at radius 1 is 1.06 bits per heavy atom. The van der Waals surface area contributed by atoms with Crippen LogP contribution in [-0.2, 0) is 7.05 Å². The average Bonchev–Trinajstić information content (AvgIpc) is 2.86. The Hall–Kier alpha value is -1.62. The highest BCUT2D eigenvalue weighted by Crippen LogP contribution is 2.22. The van der Waals surface area contributed by atoms with E-state index in [1.54, 1.807) is 10.9 Å². The summed E-state index contributed by atoms with van der Waals surface area (Å²) in [5.74, 6) is 0. The Morgan fingerprint density at radius 2 is 1.94 bits per heavy atom. The number of halogens is 1. The van der Waals surface area contributed by atoms with Crippen LogP contribution in [0.4, 0.5) is 0 Å². The van der Waals surface area contributed by atoms with Gasteiger partial charge in [-0.2, -0.15) is 10.2 Å². The molecule has 0 atom stereocenters. The van der Waals surface area contributed by atoms with Gasteiger partial charge in [-0.25, -0.2) is 4.52 Å². The molecular formula is C11H9BrN4. The molecule has 0 fully saturated rings. The van der Waals surface area contributed by atoms with Gasteiger partial charge in [-0.05, 0) is 22.0 Å². The van der Waals surface area contributed by atoms with E-state index in [0.29, 0.717) is 0 Å². The zero-order valence-electron chi connectivity index (χ0n) is 8.63. The molecule has 0 amide bonds. The van der Waals surface area contributed by atoms with E-state index in [9.17, 15) is 0 Å². The van der Waals surface area contributed by atoms with E-state index in [2.05, 4.69) is 32.2 Å². The third-order valence-corrected chi connectivity index (χ3v) is 3.12. The highest BCUT2D eigenvalue weighted by Gasteiger charge is 2.04. The third-order valence-electron chi connectivity index (χ3n) is 2.51. The SMILES string of the molecule is Cn1cc(-c2ccc3c(Br)cnn3c2)cn1. The lowest BCUT2D eigenvalue weighted by Crippen LogP contribution is -1.87. The normalized spacial score (nSPS) is 11.1. The summed E-state index contributed by atoms with van der Waals surface area (Å²) in [5, 5.41) is 8.41. The maximum absolute atomic E-state index is 4.25. The van der Waals surface area contributed by atoms with Crippen LogP contribution in [0, 0.1) is 0 Å². The zero-order valence-corrected chi connectivity index (χ0v) is 10.2. The van der Waals surface area contributed by atoms with Gasteiger partial charge in [0, 0.05) is 30.6 Å². The fraction of sp³-hybridized carbons (Fsp3) is 0.0909. The van der Waals surface area contributed by atoms with Crippen molar-refractivity contribution in [2.45, 2.75) is 0 Å². The van der Waals surface area contributed by atoms with Crippen molar-refractivity contribution in [2.75, 3.05) is 0 Å². The smallest absolute Gasteiger partial charge is 0.0804 e. The molecule has 0 aliphatic rings. The second-order valence-corrected chi connectivity index (χ2v) is 4.50. The van der Waals surface area contributed by atoms with E-state index >= 15 is 0 Å². The minimum absolute atomic E-state index is 1.00. The summed E-state index contributed by atoms with van der Waals surface area (Å²) < 4.78 is 4.65. The minimum Gasteiger partial charge on any atom is -0.275 e. The fourth-order valence-corrected chi connectivity index (χ4v) is 2.10. The van der Waals surface area contributed by atoms with Crippen LogP contribution in [0.5, 0.6) is 0 Å². The van der Waals surface area contributed by atoms with Gasteiger partial charge in [0.05, 0.1) is 22.4 Å². The van der Waals surface area contributed by atoms with Gasteiger partial charge >= 0.3 is 0 Å². The predicted molar refractivity (Wildman–Crippen MR) is 65.1 cm³/mol. The van der Waals surface area contributed by atoms with Crippen LogP contribution in [0.25, 0.3) is 16.6 Å². The Balaban J connectivity index is 2.18. The Labute approximate surface area is 101 Å². The van der Waals surface area contributed by atoms with Gasteiger partial charge in [-0.1, -0.05) is 6.07 Å². The second kappa shape index (κ2) is 3.45. The number of rotatable bonds is 1. The summed E-state index contributed by atoms with van der Waals surface area (Å²) in [4.78, 5) is 0. The quantitative estimate of drug-likeness (QED) is 0.685. The first-order chi connectivity index (χ1) is 7.74. The Bertz CT molecular complexity index is 653. The lowest BCUT2D eigenvalue weighted by atomic mass is 10.1. The van der Waals surface area contributed by atoms with Crippen molar-refractivity contribution >= 4 is 21.4 Å². The Kier molecular flexibility index (Phi) is 2.07. The summed E-state index contributed by atoms with van der Waals surface area (Å²) in [5.41, 5.74) is 3.26. The van der Waals surface area contributed by atoms with E-state index in [1.807, 2.05) is 36.2 Å². The van der Waals surface area contributed by atoms with Crippen LogP contribution in [0.2, 0.25) is 0 Å². The molecule has 3 aromatic heterocycles. The standard InChI is InChI=1S/C11H9BrN4/c1-15-6-9(4-13-15)8-2-3-11-10(12)5-14-16(11)7-8/h2-7H,1H3. The topological polar surface area (TPSA) is 35.1 Å². The molecule has 0 unspecified atom stereocenters. The first-order valence-electron chi connectivity index (χ1n) is 4.86. The first kappa shape index (κ1) is 9.59. The van der Waals surface area contributed by atoms with Crippen molar-refractivity contribution in [3.05, 3.63) is 41.4 Å². The lowest BCUT2D eigenvalue weighted by Gasteiger charge is -1.98. The van der Waals surface area contributed by atoms with Crippen molar-refractivity contribution in [1.82, 2.24) is 19.4 Å². The molecule has 0 aliphatic carbocycles. The molecule has 0 aromatic carbocycles. The van der Waals surface area contributed by atoms with Crippen molar-refractivity contribution in [3.63, 3.8) is 0 Å². The van der Waals surface area contributed by atoms with E-state index in [0.717, 1.165) is 21.1 Å². The molecule has 0 radical (unpaired) electrons. The number of aromatic nitrogens is 4. The first-order valence-corrected chi connectivity index (χ1v) is 5.65. The average molecular weight is 277 g/mol. The van der Waals surface area contributed by atoms with Gasteiger partial charge in [0.2, 0.25) is 0 Å². The number of aryl methyl sites for hydroxylation is 1. The molecule has 5 heteroatoms.